The summed E-state index contributed by atoms with van der Waals surface area (Å²) in [6.07, 6.45) is -3.96. The average Bonchev–Trinajstić information content (AvgIpc) is 3.30. The summed E-state index contributed by atoms with van der Waals surface area (Å²) < 4.78 is 54.8. The number of likely N-dealkylation sites (tertiary alicyclic amines) is 1. The molecule has 1 fully saturated rings. The van der Waals surface area contributed by atoms with Gasteiger partial charge < -0.3 is 9.47 Å². The van der Waals surface area contributed by atoms with E-state index in [0.717, 1.165) is 12.1 Å². The number of alkyl halides is 4. The molecule has 4 nitrogen and oxygen atoms in total. The van der Waals surface area contributed by atoms with Crippen molar-refractivity contribution in [3.8, 4) is 11.1 Å². The van der Waals surface area contributed by atoms with E-state index in [2.05, 4.69) is 0 Å². The third-order valence-corrected chi connectivity index (χ3v) is 6.35. The second-order valence-electron chi connectivity index (χ2n) is 7.06. The molecule has 0 bridgehead atoms. The fourth-order valence-corrected chi connectivity index (χ4v) is 4.70. The van der Waals surface area contributed by atoms with E-state index >= 15 is 0 Å². The van der Waals surface area contributed by atoms with E-state index in [4.69, 9.17) is 11.6 Å². The smallest absolute Gasteiger partial charge is 0.338 e. The zero-order chi connectivity index (χ0) is 21.6. The predicted molar refractivity (Wildman–Crippen MR) is 108 cm³/mol. The van der Waals surface area contributed by atoms with E-state index in [1.165, 1.54) is 33.1 Å². The first-order chi connectivity index (χ1) is 14.1. The highest BCUT2D eigenvalue weighted by Crippen LogP contribution is 2.39. The third kappa shape index (κ3) is 3.83. The fraction of sp³-hybridized carbons (Fsp3) is 0.300. The van der Waals surface area contributed by atoms with Crippen molar-refractivity contribution in [3.05, 3.63) is 56.8 Å². The maximum absolute atomic E-state index is 13.4. The number of halogens is 5. The predicted octanol–water partition coefficient (Wildman–Crippen LogP) is 4.97. The molecule has 1 aliphatic heterocycles. The molecular weight excluding hydrogens is 444 g/mol. The minimum Gasteiger partial charge on any atom is -0.338 e. The molecule has 30 heavy (non-hydrogen) atoms. The molecule has 0 radical (unpaired) electrons. The molecule has 1 saturated heterocycles. The van der Waals surface area contributed by atoms with Gasteiger partial charge in [0.15, 0.2) is 0 Å². The van der Waals surface area contributed by atoms with Gasteiger partial charge in [0.1, 0.15) is 12.7 Å². The van der Waals surface area contributed by atoms with Crippen molar-refractivity contribution >= 4 is 38.9 Å². The van der Waals surface area contributed by atoms with Crippen LogP contribution in [0.1, 0.15) is 12.0 Å². The number of nitrogens with zero attached hydrogens (tertiary/aromatic N) is 2. The number of carbonyl (C=O) groups is 1. The van der Waals surface area contributed by atoms with Gasteiger partial charge in [-0.2, -0.15) is 13.2 Å². The van der Waals surface area contributed by atoms with E-state index in [1.807, 2.05) is 0 Å². The van der Waals surface area contributed by atoms with Crippen LogP contribution in [0, 0.1) is 0 Å². The van der Waals surface area contributed by atoms with Crippen LogP contribution in [0.2, 0.25) is 5.02 Å². The monoisotopic (exact) mass is 458 g/mol. The van der Waals surface area contributed by atoms with E-state index < -0.39 is 28.5 Å². The molecular formula is C20H15ClF4N2O2S. The number of amides is 1. The summed E-state index contributed by atoms with van der Waals surface area (Å²) in [7, 11) is 0. The standard InChI is InChI=1S/C20H15ClF4N2O2S/c21-15-2-1-11(7-14(15)20(23,24)25)13-10-30-16-4-6-27(19(29)18(13)16)9-17(28)26-5-3-12(22)8-26/h1-2,4,6-7,10,12H,3,5,8-9H2/t12-/m1/s1. The molecule has 1 aromatic carbocycles. The highest BCUT2D eigenvalue weighted by Gasteiger charge is 2.33. The molecule has 1 aliphatic rings. The number of carbonyl (C=O) groups excluding carboxylic acids is 1. The quantitative estimate of drug-likeness (QED) is 0.520. The van der Waals surface area contributed by atoms with Crippen molar-refractivity contribution < 1.29 is 22.4 Å². The SMILES string of the molecule is O=C(Cn1ccc2scc(-c3ccc(Cl)c(C(F)(F)F)c3)c2c1=O)N1CC[C@@H](F)C1. The van der Waals surface area contributed by atoms with Gasteiger partial charge in [0.25, 0.3) is 5.56 Å². The molecule has 1 amide bonds. The molecule has 1 atom stereocenters. The van der Waals surface area contributed by atoms with Gasteiger partial charge in [-0.05, 0) is 30.2 Å². The summed E-state index contributed by atoms with van der Waals surface area (Å²) in [6, 6.07) is 5.12. The number of thiophene rings is 1. The Kier molecular flexibility index (Phi) is 5.36. The van der Waals surface area contributed by atoms with Crippen LogP contribution < -0.4 is 5.56 Å². The molecule has 0 unspecified atom stereocenters. The Hall–Kier alpha value is -2.39. The topological polar surface area (TPSA) is 42.3 Å². The Morgan fingerprint density at radius 2 is 2.03 bits per heavy atom. The van der Waals surface area contributed by atoms with Crippen molar-refractivity contribution in [2.75, 3.05) is 13.1 Å². The van der Waals surface area contributed by atoms with Gasteiger partial charge in [-0.3, -0.25) is 9.59 Å². The lowest BCUT2D eigenvalue weighted by Crippen LogP contribution is -2.35. The minimum absolute atomic E-state index is 0.00449. The van der Waals surface area contributed by atoms with Crippen LogP contribution in [-0.2, 0) is 17.5 Å². The number of hydrogen-bond acceptors (Lipinski definition) is 3. The molecule has 3 aromatic rings. The van der Waals surface area contributed by atoms with E-state index in [1.54, 1.807) is 11.4 Å². The number of aromatic nitrogens is 1. The van der Waals surface area contributed by atoms with Crippen molar-refractivity contribution in [3.63, 3.8) is 0 Å². The number of pyridine rings is 1. The Morgan fingerprint density at radius 1 is 1.27 bits per heavy atom. The van der Waals surface area contributed by atoms with Crippen LogP contribution in [0.25, 0.3) is 21.2 Å². The number of fused-ring (bicyclic) bond motifs is 1. The molecule has 0 N–H and O–H groups in total. The summed E-state index contributed by atoms with van der Waals surface area (Å²) in [6.45, 7) is 0.0431. The Bertz CT molecular complexity index is 1190. The second kappa shape index (κ2) is 7.70. The maximum Gasteiger partial charge on any atom is 0.417 e. The first-order valence-corrected chi connectivity index (χ1v) is 10.3. The van der Waals surface area contributed by atoms with Crippen LogP contribution in [0.4, 0.5) is 17.6 Å². The molecule has 4 rings (SSSR count). The lowest BCUT2D eigenvalue weighted by Gasteiger charge is -2.16. The molecule has 0 aliphatic carbocycles. The van der Waals surface area contributed by atoms with Crippen LogP contribution in [0.15, 0.2) is 40.6 Å². The maximum atomic E-state index is 13.4. The molecule has 158 valence electrons. The van der Waals surface area contributed by atoms with Crippen LogP contribution in [0.5, 0.6) is 0 Å². The lowest BCUT2D eigenvalue weighted by atomic mass is 10.0. The highest BCUT2D eigenvalue weighted by atomic mass is 35.5. The highest BCUT2D eigenvalue weighted by molar-refractivity contribution is 7.17. The average molecular weight is 459 g/mol. The summed E-state index contributed by atoms with van der Waals surface area (Å²) in [5.74, 6) is -0.376. The van der Waals surface area contributed by atoms with Gasteiger partial charge in [-0.15, -0.1) is 11.3 Å². The van der Waals surface area contributed by atoms with Gasteiger partial charge in [0.2, 0.25) is 5.91 Å². The minimum atomic E-state index is -4.63. The zero-order valence-electron chi connectivity index (χ0n) is 15.4. The molecule has 2 aromatic heterocycles. The van der Waals surface area contributed by atoms with Crippen LogP contribution in [-0.4, -0.2) is 34.6 Å². The van der Waals surface area contributed by atoms with Crippen LogP contribution >= 0.6 is 22.9 Å². The Balaban J connectivity index is 1.74. The van der Waals surface area contributed by atoms with Gasteiger partial charge in [0.05, 0.1) is 22.5 Å². The Labute approximate surface area is 177 Å². The molecule has 10 heteroatoms. The normalized spacial score (nSPS) is 17.1. The molecule has 0 saturated carbocycles. The lowest BCUT2D eigenvalue weighted by molar-refractivity contribution is -0.137. The first-order valence-electron chi connectivity index (χ1n) is 9.05. The number of rotatable bonds is 3. The van der Waals surface area contributed by atoms with Crippen molar-refractivity contribution in [2.24, 2.45) is 0 Å². The third-order valence-electron chi connectivity index (χ3n) is 5.07. The first kappa shape index (κ1) is 20.9. The number of benzene rings is 1. The van der Waals surface area contributed by atoms with Crippen LogP contribution in [0.3, 0.4) is 0 Å². The summed E-state index contributed by atoms with van der Waals surface area (Å²) in [5, 5.41) is 1.41. The van der Waals surface area contributed by atoms with E-state index in [0.29, 0.717) is 16.8 Å². The summed E-state index contributed by atoms with van der Waals surface area (Å²) in [4.78, 5) is 26.8. The van der Waals surface area contributed by atoms with E-state index in [-0.39, 0.29) is 36.4 Å². The van der Waals surface area contributed by atoms with Crippen molar-refractivity contribution in [2.45, 2.75) is 25.3 Å². The fourth-order valence-electron chi connectivity index (χ4n) is 3.52. The molecule has 0 spiro atoms. The van der Waals surface area contributed by atoms with Crippen molar-refractivity contribution in [1.82, 2.24) is 9.47 Å². The van der Waals surface area contributed by atoms with Crippen molar-refractivity contribution in [1.29, 1.82) is 0 Å². The zero-order valence-corrected chi connectivity index (χ0v) is 17.0. The molecule has 3 heterocycles. The van der Waals surface area contributed by atoms with Gasteiger partial charge in [0, 0.05) is 28.4 Å². The second-order valence-corrected chi connectivity index (χ2v) is 8.37. The Morgan fingerprint density at radius 3 is 2.70 bits per heavy atom. The van der Waals surface area contributed by atoms with Gasteiger partial charge in [-0.25, -0.2) is 4.39 Å². The van der Waals surface area contributed by atoms with E-state index in [9.17, 15) is 27.2 Å². The number of hydrogen-bond donors (Lipinski definition) is 0. The summed E-state index contributed by atoms with van der Waals surface area (Å²) in [5.41, 5.74) is -0.924. The van der Waals surface area contributed by atoms with Gasteiger partial charge in [-0.1, -0.05) is 17.7 Å². The summed E-state index contributed by atoms with van der Waals surface area (Å²) >= 11 is 6.92. The largest absolute Gasteiger partial charge is 0.417 e. The van der Waals surface area contributed by atoms with Gasteiger partial charge >= 0.3 is 6.18 Å².